The van der Waals surface area contributed by atoms with Gasteiger partial charge in [-0.3, -0.25) is 0 Å². The van der Waals surface area contributed by atoms with Crippen molar-refractivity contribution in [1.29, 1.82) is 0 Å². The molecule has 4 heteroatoms. The maximum atomic E-state index is 5.67. The van der Waals surface area contributed by atoms with E-state index >= 15 is 0 Å². The molecule has 0 radical (unpaired) electrons. The van der Waals surface area contributed by atoms with Crippen molar-refractivity contribution in [2.24, 2.45) is 5.92 Å². The summed E-state index contributed by atoms with van der Waals surface area (Å²) in [5.74, 6) is 0.611. The third-order valence-electron chi connectivity index (χ3n) is 2.71. The molecule has 0 amide bonds. The lowest BCUT2D eigenvalue weighted by Crippen LogP contribution is -2.10. The zero-order chi connectivity index (χ0) is 11.5. The molecule has 1 heterocycles. The lowest BCUT2D eigenvalue weighted by atomic mass is 10.1. The molecule has 0 aliphatic heterocycles. The summed E-state index contributed by atoms with van der Waals surface area (Å²) in [4.78, 5) is 4.32. The van der Waals surface area contributed by atoms with Crippen LogP contribution < -0.4 is 11.1 Å². The van der Waals surface area contributed by atoms with Crippen molar-refractivity contribution in [3.63, 3.8) is 0 Å². The molecule has 0 saturated carbocycles. The van der Waals surface area contributed by atoms with Crippen LogP contribution >= 0.6 is 0 Å². The van der Waals surface area contributed by atoms with Crippen molar-refractivity contribution in [3.05, 3.63) is 18.2 Å². The molecule has 0 fully saturated rings. The Morgan fingerprint density at radius 1 is 1.50 bits per heavy atom. The van der Waals surface area contributed by atoms with E-state index in [-0.39, 0.29) is 0 Å². The highest BCUT2D eigenvalue weighted by Gasteiger charge is 2.06. The van der Waals surface area contributed by atoms with Gasteiger partial charge in [0.15, 0.2) is 5.58 Å². The molecule has 2 aromatic rings. The zero-order valence-corrected chi connectivity index (χ0v) is 9.66. The monoisotopic (exact) mass is 219 g/mol. The minimum Gasteiger partial charge on any atom is -0.424 e. The first-order chi connectivity index (χ1) is 7.69. The number of fused-ring (bicyclic) bond motifs is 1. The topological polar surface area (TPSA) is 64.1 Å². The molecule has 0 aliphatic rings. The van der Waals surface area contributed by atoms with Gasteiger partial charge < -0.3 is 15.5 Å². The second kappa shape index (κ2) is 4.43. The molecule has 0 spiro atoms. The highest BCUT2D eigenvalue weighted by Crippen LogP contribution is 2.21. The molecule has 16 heavy (non-hydrogen) atoms. The lowest BCUT2D eigenvalue weighted by molar-refractivity contribution is 0.563. The number of nitrogens with two attached hydrogens (primary N) is 1. The summed E-state index contributed by atoms with van der Waals surface area (Å²) in [5.41, 5.74) is 7.94. The summed E-state index contributed by atoms with van der Waals surface area (Å²) in [6, 6.07) is 6.03. The Labute approximate surface area is 94.8 Å². The van der Waals surface area contributed by atoms with E-state index in [2.05, 4.69) is 24.1 Å². The third-order valence-corrected chi connectivity index (χ3v) is 2.71. The summed E-state index contributed by atoms with van der Waals surface area (Å²) in [7, 11) is 0. The van der Waals surface area contributed by atoms with Crippen LogP contribution in [-0.4, -0.2) is 11.5 Å². The predicted octanol–water partition coefficient (Wildman–Crippen LogP) is 2.87. The van der Waals surface area contributed by atoms with Crippen LogP contribution in [0.2, 0.25) is 0 Å². The quantitative estimate of drug-likeness (QED) is 0.776. The Balaban J connectivity index is 2.13. The predicted molar refractivity (Wildman–Crippen MR) is 66.4 cm³/mol. The fourth-order valence-corrected chi connectivity index (χ4v) is 1.43. The fraction of sp³-hybridized carbons (Fsp3) is 0.417. The molecule has 0 saturated heterocycles. The van der Waals surface area contributed by atoms with Gasteiger partial charge in [-0.15, -0.1) is 0 Å². The largest absolute Gasteiger partial charge is 0.424 e. The first-order valence-corrected chi connectivity index (χ1v) is 5.59. The zero-order valence-electron chi connectivity index (χ0n) is 9.66. The molecule has 1 aromatic heterocycles. The smallest absolute Gasteiger partial charge is 0.295 e. The summed E-state index contributed by atoms with van der Waals surface area (Å²) in [6.45, 7) is 5.23. The van der Waals surface area contributed by atoms with Crippen LogP contribution in [0.15, 0.2) is 22.6 Å². The van der Waals surface area contributed by atoms with Crippen molar-refractivity contribution in [2.45, 2.75) is 20.3 Å². The Morgan fingerprint density at radius 2 is 2.31 bits per heavy atom. The van der Waals surface area contributed by atoms with Gasteiger partial charge in [0, 0.05) is 12.2 Å². The van der Waals surface area contributed by atoms with Gasteiger partial charge in [-0.2, -0.15) is 4.98 Å². The van der Waals surface area contributed by atoms with Crippen molar-refractivity contribution < 1.29 is 4.42 Å². The number of nitrogens with zero attached hydrogens (tertiary/aromatic N) is 1. The van der Waals surface area contributed by atoms with Gasteiger partial charge in [-0.25, -0.2) is 0 Å². The maximum absolute atomic E-state index is 5.67. The van der Waals surface area contributed by atoms with Gasteiger partial charge in [0.25, 0.3) is 6.01 Å². The number of anilines is 2. The maximum Gasteiger partial charge on any atom is 0.295 e. The van der Waals surface area contributed by atoms with Crippen LogP contribution in [-0.2, 0) is 0 Å². The van der Waals surface area contributed by atoms with Crippen LogP contribution in [0.25, 0.3) is 11.1 Å². The average molecular weight is 219 g/mol. The first-order valence-electron chi connectivity index (χ1n) is 5.59. The molecule has 2 rings (SSSR count). The van der Waals surface area contributed by atoms with Gasteiger partial charge in [-0.05, 0) is 24.1 Å². The number of hydrogen-bond donors (Lipinski definition) is 2. The van der Waals surface area contributed by atoms with Crippen LogP contribution in [0.3, 0.4) is 0 Å². The van der Waals surface area contributed by atoms with Crippen molar-refractivity contribution >= 4 is 22.8 Å². The molecule has 4 nitrogen and oxygen atoms in total. The normalized spacial score (nSPS) is 12.9. The van der Waals surface area contributed by atoms with E-state index in [0.717, 1.165) is 24.1 Å². The molecule has 1 unspecified atom stereocenters. The Morgan fingerprint density at radius 3 is 3.06 bits per heavy atom. The molecule has 86 valence electrons. The van der Waals surface area contributed by atoms with Crippen molar-refractivity contribution in [2.75, 3.05) is 17.6 Å². The Kier molecular flexibility index (Phi) is 2.99. The number of oxazole rings is 1. The van der Waals surface area contributed by atoms with E-state index < -0.39 is 0 Å². The van der Waals surface area contributed by atoms with Crippen LogP contribution in [0.1, 0.15) is 20.3 Å². The van der Waals surface area contributed by atoms with Gasteiger partial charge in [0.05, 0.1) is 0 Å². The Bertz CT molecular complexity index is 478. The SMILES string of the molecule is CCC(C)CNc1nc2cc(N)ccc2o1. The van der Waals surface area contributed by atoms with E-state index in [4.69, 9.17) is 10.2 Å². The van der Waals surface area contributed by atoms with E-state index in [1.54, 1.807) is 0 Å². The van der Waals surface area contributed by atoms with E-state index in [1.165, 1.54) is 0 Å². The van der Waals surface area contributed by atoms with E-state index in [0.29, 0.717) is 17.6 Å². The third kappa shape index (κ3) is 2.27. The van der Waals surface area contributed by atoms with Gasteiger partial charge in [0.2, 0.25) is 0 Å². The van der Waals surface area contributed by atoms with Gasteiger partial charge >= 0.3 is 0 Å². The molecule has 0 aliphatic carbocycles. The molecular weight excluding hydrogens is 202 g/mol. The number of hydrogen-bond acceptors (Lipinski definition) is 4. The van der Waals surface area contributed by atoms with E-state index in [9.17, 15) is 0 Å². The summed E-state index contributed by atoms with van der Waals surface area (Å²) < 4.78 is 5.54. The number of nitrogens with one attached hydrogen (secondary N) is 1. The molecular formula is C12H17N3O. The lowest BCUT2D eigenvalue weighted by Gasteiger charge is -2.07. The summed E-state index contributed by atoms with van der Waals surface area (Å²) >= 11 is 0. The summed E-state index contributed by atoms with van der Waals surface area (Å²) in [6.07, 6.45) is 1.14. The molecule has 0 bridgehead atoms. The molecule has 3 N–H and O–H groups in total. The van der Waals surface area contributed by atoms with E-state index in [1.807, 2.05) is 18.2 Å². The second-order valence-electron chi connectivity index (χ2n) is 4.14. The van der Waals surface area contributed by atoms with Crippen LogP contribution in [0.4, 0.5) is 11.7 Å². The fourth-order valence-electron chi connectivity index (χ4n) is 1.43. The minimum atomic E-state index is 0.570. The van der Waals surface area contributed by atoms with Crippen molar-refractivity contribution in [1.82, 2.24) is 4.98 Å². The minimum absolute atomic E-state index is 0.570. The highest BCUT2D eigenvalue weighted by molar-refractivity contribution is 5.78. The van der Waals surface area contributed by atoms with Crippen LogP contribution in [0.5, 0.6) is 0 Å². The number of nitrogen functional groups attached to an aromatic ring is 1. The molecule has 1 atom stereocenters. The molecule has 1 aromatic carbocycles. The van der Waals surface area contributed by atoms with Crippen LogP contribution in [0, 0.1) is 5.92 Å². The second-order valence-corrected chi connectivity index (χ2v) is 4.14. The van der Waals surface area contributed by atoms with Gasteiger partial charge in [-0.1, -0.05) is 20.3 Å². The number of benzene rings is 1. The summed E-state index contributed by atoms with van der Waals surface area (Å²) in [5, 5.41) is 3.19. The highest BCUT2D eigenvalue weighted by atomic mass is 16.4. The first kappa shape index (κ1) is 10.8. The number of aromatic nitrogens is 1. The van der Waals surface area contributed by atoms with Gasteiger partial charge in [0.1, 0.15) is 5.52 Å². The van der Waals surface area contributed by atoms with Crippen molar-refractivity contribution in [3.8, 4) is 0 Å². The Hall–Kier alpha value is -1.71. The number of rotatable bonds is 4. The standard InChI is InChI=1S/C12H17N3O/c1-3-8(2)7-14-12-15-10-6-9(13)4-5-11(10)16-12/h4-6,8H,3,7,13H2,1-2H3,(H,14,15). The average Bonchev–Trinajstić information content (AvgIpc) is 2.67.